The van der Waals surface area contributed by atoms with Gasteiger partial charge < -0.3 is 15.5 Å². The number of piperazine rings is 1. The summed E-state index contributed by atoms with van der Waals surface area (Å²) in [5.41, 5.74) is 7.24. The molecule has 0 radical (unpaired) electrons. The van der Waals surface area contributed by atoms with Gasteiger partial charge in [-0.1, -0.05) is 0 Å². The lowest BCUT2D eigenvalue weighted by atomic mass is 10.0. The Morgan fingerprint density at radius 2 is 1.75 bits per heavy atom. The Kier molecular flexibility index (Phi) is 7.93. The molecule has 7 heteroatoms. The molecule has 24 heavy (non-hydrogen) atoms. The number of nitrogens with zero attached hydrogens (tertiary/aromatic N) is 3. The van der Waals surface area contributed by atoms with Gasteiger partial charge in [0.15, 0.2) is 5.96 Å². The molecule has 0 aromatic heterocycles. The predicted molar refractivity (Wildman–Crippen MR) is 112 cm³/mol. The Morgan fingerprint density at radius 3 is 2.38 bits per heavy atom. The summed E-state index contributed by atoms with van der Waals surface area (Å²) in [4.78, 5) is 9.05. The van der Waals surface area contributed by atoms with Crippen LogP contribution in [0, 0.1) is 11.7 Å². The van der Waals surface area contributed by atoms with E-state index < -0.39 is 0 Å². The number of guanidine groups is 1. The minimum atomic E-state index is -0.190. The fourth-order valence-electron chi connectivity index (χ4n) is 3.10. The molecule has 2 saturated heterocycles. The van der Waals surface area contributed by atoms with Crippen molar-refractivity contribution in [3.8, 4) is 0 Å². The highest BCUT2D eigenvalue weighted by molar-refractivity contribution is 14.0. The van der Waals surface area contributed by atoms with Crippen LogP contribution in [0.15, 0.2) is 29.3 Å². The van der Waals surface area contributed by atoms with Crippen LogP contribution >= 0.6 is 35.7 Å². The van der Waals surface area contributed by atoms with Crippen molar-refractivity contribution in [1.29, 1.82) is 0 Å². The van der Waals surface area contributed by atoms with Gasteiger partial charge in [0.1, 0.15) is 5.82 Å². The number of aliphatic imine (C=N–C) groups is 1. The molecule has 0 amide bonds. The van der Waals surface area contributed by atoms with Gasteiger partial charge in [0.25, 0.3) is 0 Å². The first-order chi connectivity index (χ1) is 11.2. The van der Waals surface area contributed by atoms with Gasteiger partial charge in [-0.3, -0.25) is 4.99 Å². The Labute approximate surface area is 165 Å². The maximum atomic E-state index is 13.0. The van der Waals surface area contributed by atoms with Crippen LogP contribution in [-0.4, -0.2) is 55.1 Å². The lowest BCUT2D eigenvalue weighted by Crippen LogP contribution is -2.51. The fourth-order valence-corrected chi connectivity index (χ4v) is 4.30. The predicted octanol–water partition coefficient (Wildman–Crippen LogP) is 3.02. The third-order valence-electron chi connectivity index (χ3n) is 4.65. The summed E-state index contributed by atoms with van der Waals surface area (Å²) in [6.45, 7) is 4.38. The molecule has 3 rings (SSSR count). The van der Waals surface area contributed by atoms with Gasteiger partial charge in [-0.05, 0) is 54.5 Å². The van der Waals surface area contributed by atoms with Gasteiger partial charge in [-0.2, -0.15) is 11.8 Å². The Balaban J connectivity index is 0.00000208. The number of hydrogen-bond acceptors (Lipinski definition) is 3. The van der Waals surface area contributed by atoms with E-state index in [9.17, 15) is 4.39 Å². The third-order valence-corrected chi connectivity index (χ3v) is 5.70. The molecule has 0 bridgehead atoms. The number of anilines is 1. The van der Waals surface area contributed by atoms with Gasteiger partial charge in [0, 0.05) is 38.4 Å². The van der Waals surface area contributed by atoms with Crippen molar-refractivity contribution in [2.45, 2.75) is 12.8 Å². The molecule has 4 nitrogen and oxygen atoms in total. The Morgan fingerprint density at radius 1 is 1.12 bits per heavy atom. The fraction of sp³-hybridized carbons (Fsp3) is 0.588. The summed E-state index contributed by atoms with van der Waals surface area (Å²) < 4.78 is 13.0. The van der Waals surface area contributed by atoms with Crippen LogP contribution in [0.25, 0.3) is 0 Å². The summed E-state index contributed by atoms with van der Waals surface area (Å²) in [5, 5.41) is 0. The van der Waals surface area contributed by atoms with Crippen LogP contribution in [0.2, 0.25) is 0 Å². The molecule has 0 saturated carbocycles. The van der Waals surface area contributed by atoms with Crippen molar-refractivity contribution in [3.63, 3.8) is 0 Å². The van der Waals surface area contributed by atoms with Gasteiger partial charge in [-0.15, -0.1) is 24.0 Å². The molecule has 2 heterocycles. The summed E-state index contributed by atoms with van der Waals surface area (Å²) in [6, 6.07) is 6.70. The molecule has 0 atom stereocenters. The highest BCUT2D eigenvalue weighted by atomic mass is 127. The van der Waals surface area contributed by atoms with Crippen molar-refractivity contribution in [3.05, 3.63) is 30.1 Å². The lowest BCUT2D eigenvalue weighted by molar-refractivity contribution is 0.378. The maximum absolute atomic E-state index is 13.0. The minimum Gasteiger partial charge on any atom is -0.370 e. The van der Waals surface area contributed by atoms with Crippen LogP contribution in [0.1, 0.15) is 12.8 Å². The second kappa shape index (κ2) is 9.70. The zero-order valence-corrected chi connectivity index (χ0v) is 17.0. The van der Waals surface area contributed by atoms with E-state index in [2.05, 4.69) is 14.8 Å². The molecule has 2 aliphatic heterocycles. The van der Waals surface area contributed by atoms with E-state index in [1.165, 1.54) is 36.5 Å². The quantitative estimate of drug-likeness (QED) is 0.425. The average molecular weight is 464 g/mol. The molecular formula is C17H26FIN4S. The van der Waals surface area contributed by atoms with Gasteiger partial charge in [0.2, 0.25) is 0 Å². The lowest BCUT2D eigenvalue weighted by Gasteiger charge is -2.36. The minimum absolute atomic E-state index is 0. The molecular weight excluding hydrogens is 438 g/mol. The summed E-state index contributed by atoms with van der Waals surface area (Å²) in [7, 11) is 0. The standard InChI is InChI=1S/C17H25FN4S.HI/c18-15-1-3-16(4-2-15)21-7-9-22(10-8-21)17(19)20-13-14-5-11-23-12-6-14;/h1-4,14H,5-13H2,(H2,19,20);1H. The number of thioether (sulfide) groups is 1. The van der Waals surface area contributed by atoms with E-state index >= 15 is 0 Å². The Bertz CT molecular complexity index is 526. The molecule has 134 valence electrons. The Hall–Kier alpha value is -0.700. The molecule has 1 aromatic rings. The van der Waals surface area contributed by atoms with E-state index in [0.717, 1.165) is 38.4 Å². The first kappa shape index (κ1) is 19.6. The van der Waals surface area contributed by atoms with E-state index in [1.807, 2.05) is 23.9 Å². The highest BCUT2D eigenvalue weighted by Crippen LogP contribution is 2.23. The number of nitrogens with two attached hydrogens (primary N) is 1. The zero-order valence-electron chi connectivity index (χ0n) is 13.9. The number of benzene rings is 1. The van der Waals surface area contributed by atoms with Crippen LogP contribution in [0.4, 0.5) is 10.1 Å². The normalized spacial score (nSPS) is 20.0. The molecule has 0 unspecified atom stereocenters. The molecule has 0 aliphatic carbocycles. The van der Waals surface area contributed by atoms with Crippen molar-refractivity contribution < 1.29 is 4.39 Å². The first-order valence-corrected chi connectivity index (χ1v) is 9.51. The zero-order chi connectivity index (χ0) is 16.1. The topological polar surface area (TPSA) is 44.9 Å². The van der Waals surface area contributed by atoms with Crippen LogP contribution in [-0.2, 0) is 0 Å². The smallest absolute Gasteiger partial charge is 0.191 e. The summed E-state index contributed by atoms with van der Waals surface area (Å²) in [5.74, 6) is 3.72. The van der Waals surface area contributed by atoms with E-state index in [4.69, 9.17) is 5.73 Å². The largest absolute Gasteiger partial charge is 0.370 e. The van der Waals surface area contributed by atoms with Crippen LogP contribution in [0.5, 0.6) is 0 Å². The monoisotopic (exact) mass is 464 g/mol. The number of halogens is 2. The summed E-state index contributed by atoms with van der Waals surface area (Å²) >= 11 is 2.04. The first-order valence-electron chi connectivity index (χ1n) is 8.35. The average Bonchev–Trinajstić information content (AvgIpc) is 2.61. The SMILES string of the molecule is I.NC(=NCC1CCSCC1)N1CCN(c2ccc(F)cc2)CC1. The second-order valence-electron chi connectivity index (χ2n) is 6.21. The molecule has 2 aliphatic rings. The van der Waals surface area contributed by atoms with E-state index in [1.54, 1.807) is 0 Å². The van der Waals surface area contributed by atoms with Gasteiger partial charge in [-0.25, -0.2) is 4.39 Å². The molecule has 2 N–H and O–H groups in total. The van der Waals surface area contributed by atoms with Crippen molar-refractivity contribution in [1.82, 2.24) is 4.90 Å². The molecule has 0 spiro atoms. The number of rotatable bonds is 3. The second-order valence-corrected chi connectivity index (χ2v) is 7.43. The van der Waals surface area contributed by atoms with Crippen molar-refractivity contribution in [2.75, 3.05) is 49.1 Å². The van der Waals surface area contributed by atoms with E-state index in [0.29, 0.717) is 11.9 Å². The highest BCUT2D eigenvalue weighted by Gasteiger charge is 2.19. The van der Waals surface area contributed by atoms with Gasteiger partial charge in [0.05, 0.1) is 0 Å². The van der Waals surface area contributed by atoms with E-state index in [-0.39, 0.29) is 29.8 Å². The summed E-state index contributed by atoms with van der Waals surface area (Å²) in [6.07, 6.45) is 2.53. The van der Waals surface area contributed by atoms with Gasteiger partial charge >= 0.3 is 0 Å². The van der Waals surface area contributed by atoms with Crippen molar-refractivity contribution >= 4 is 47.4 Å². The molecule has 2 fully saturated rings. The molecule has 1 aromatic carbocycles. The maximum Gasteiger partial charge on any atom is 0.191 e. The number of hydrogen-bond donors (Lipinski definition) is 1. The third kappa shape index (κ3) is 5.40. The van der Waals surface area contributed by atoms with Crippen LogP contribution < -0.4 is 10.6 Å². The van der Waals surface area contributed by atoms with Crippen LogP contribution in [0.3, 0.4) is 0 Å². The van der Waals surface area contributed by atoms with Crippen molar-refractivity contribution in [2.24, 2.45) is 16.6 Å².